The molecule has 0 unspecified atom stereocenters. The second-order valence-corrected chi connectivity index (χ2v) is 4.89. The summed E-state index contributed by atoms with van der Waals surface area (Å²) < 4.78 is 0. The molecule has 1 fully saturated rings. The Morgan fingerprint density at radius 3 is 2.72 bits per heavy atom. The molecule has 0 radical (unpaired) electrons. The van der Waals surface area contributed by atoms with Gasteiger partial charge in [0.15, 0.2) is 0 Å². The normalized spacial score (nSPS) is 16.7. The predicted molar refractivity (Wildman–Crippen MR) is 76.5 cm³/mol. The zero-order valence-corrected chi connectivity index (χ0v) is 10.9. The maximum atomic E-state index is 5.83. The highest BCUT2D eigenvalue weighted by molar-refractivity contribution is 5.65. The number of nitrogens with two attached hydrogens (primary N) is 2. The molecule has 1 aromatic heterocycles. The van der Waals surface area contributed by atoms with Crippen molar-refractivity contribution in [1.29, 1.82) is 0 Å². The van der Waals surface area contributed by atoms with Crippen molar-refractivity contribution in [3.05, 3.63) is 12.3 Å². The van der Waals surface area contributed by atoms with E-state index in [4.69, 9.17) is 11.5 Å². The Morgan fingerprint density at radius 1 is 1.22 bits per heavy atom. The molecule has 1 saturated heterocycles. The number of nitrogens with one attached hydrogen (secondary N) is 1. The summed E-state index contributed by atoms with van der Waals surface area (Å²) in [6, 6.07) is 1.74. The number of aromatic nitrogens is 1. The van der Waals surface area contributed by atoms with Gasteiger partial charge >= 0.3 is 0 Å². The third-order valence-corrected chi connectivity index (χ3v) is 3.33. The van der Waals surface area contributed by atoms with E-state index < -0.39 is 0 Å². The number of anilines is 3. The summed E-state index contributed by atoms with van der Waals surface area (Å²) in [5.74, 6) is 0.739. The van der Waals surface area contributed by atoms with Crippen molar-refractivity contribution < 1.29 is 0 Å². The quantitative estimate of drug-likeness (QED) is 0.690. The summed E-state index contributed by atoms with van der Waals surface area (Å²) in [6.45, 7) is 4.56. The summed E-state index contributed by atoms with van der Waals surface area (Å²) in [7, 11) is 0. The van der Waals surface area contributed by atoms with Crippen LogP contribution in [0.5, 0.6) is 0 Å². The van der Waals surface area contributed by atoms with E-state index in [1.54, 1.807) is 12.3 Å². The maximum Gasteiger partial charge on any atom is 0.149 e. The molecule has 2 rings (SSSR count). The highest BCUT2D eigenvalue weighted by Gasteiger charge is 2.09. The van der Waals surface area contributed by atoms with Crippen molar-refractivity contribution in [2.24, 2.45) is 0 Å². The van der Waals surface area contributed by atoms with Crippen molar-refractivity contribution in [2.45, 2.75) is 25.7 Å². The molecule has 18 heavy (non-hydrogen) atoms. The van der Waals surface area contributed by atoms with Gasteiger partial charge in [-0.2, -0.15) is 0 Å². The van der Waals surface area contributed by atoms with Crippen molar-refractivity contribution in [3.8, 4) is 0 Å². The topological polar surface area (TPSA) is 80.2 Å². The summed E-state index contributed by atoms with van der Waals surface area (Å²) in [4.78, 5) is 6.72. The number of nitrogen functional groups attached to an aromatic ring is 2. The molecular weight excluding hydrogens is 226 g/mol. The largest absolute Gasteiger partial charge is 0.397 e. The van der Waals surface area contributed by atoms with E-state index in [0.29, 0.717) is 11.4 Å². The lowest BCUT2D eigenvalue weighted by atomic mass is 10.1. The molecule has 5 heteroatoms. The van der Waals surface area contributed by atoms with Gasteiger partial charge in [0.1, 0.15) is 5.82 Å². The Hall–Kier alpha value is -1.49. The van der Waals surface area contributed by atoms with Crippen molar-refractivity contribution in [3.63, 3.8) is 0 Å². The number of hydrogen-bond donors (Lipinski definition) is 3. The Morgan fingerprint density at radius 2 is 2.00 bits per heavy atom. The van der Waals surface area contributed by atoms with Gasteiger partial charge in [0.05, 0.1) is 17.6 Å². The van der Waals surface area contributed by atoms with Gasteiger partial charge in [0.25, 0.3) is 0 Å². The molecule has 0 spiro atoms. The van der Waals surface area contributed by atoms with Crippen LogP contribution < -0.4 is 16.8 Å². The molecule has 0 atom stereocenters. The number of nitrogens with zero attached hydrogens (tertiary/aromatic N) is 2. The fourth-order valence-corrected chi connectivity index (χ4v) is 2.34. The molecule has 2 heterocycles. The van der Waals surface area contributed by atoms with Crippen LogP contribution in [0.1, 0.15) is 25.7 Å². The first-order valence-electron chi connectivity index (χ1n) is 6.73. The zero-order valence-electron chi connectivity index (χ0n) is 10.9. The molecule has 1 aromatic rings. The fourth-order valence-electron chi connectivity index (χ4n) is 2.34. The second kappa shape index (κ2) is 6.44. The Bertz CT molecular complexity index is 374. The van der Waals surface area contributed by atoms with Crippen LogP contribution in [-0.4, -0.2) is 36.1 Å². The average molecular weight is 249 g/mol. The van der Waals surface area contributed by atoms with Crippen molar-refractivity contribution in [2.75, 3.05) is 43.0 Å². The summed E-state index contributed by atoms with van der Waals surface area (Å²) >= 11 is 0. The molecule has 0 bridgehead atoms. The minimum absolute atomic E-state index is 0.603. The second-order valence-electron chi connectivity index (χ2n) is 4.89. The van der Waals surface area contributed by atoms with Crippen LogP contribution in [0.25, 0.3) is 0 Å². The van der Waals surface area contributed by atoms with Gasteiger partial charge in [0.2, 0.25) is 0 Å². The highest BCUT2D eigenvalue weighted by atomic mass is 15.1. The van der Waals surface area contributed by atoms with Crippen LogP contribution >= 0.6 is 0 Å². The first-order chi connectivity index (χ1) is 8.75. The molecule has 5 nitrogen and oxygen atoms in total. The average Bonchev–Trinajstić information content (AvgIpc) is 2.38. The van der Waals surface area contributed by atoms with Crippen molar-refractivity contribution in [1.82, 2.24) is 9.88 Å². The van der Waals surface area contributed by atoms with Crippen LogP contribution in [0.15, 0.2) is 12.3 Å². The van der Waals surface area contributed by atoms with Gasteiger partial charge in [0, 0.05) is 6.54 Å². The van der Waals surface area contributed by atoms with Crippen LogP contribution in [0.4, 0.5) is 17.2 Å². The maximum absolute atomic E-state index is 5.83. The number of rotatable bonds is 5. The molecule has 1 aliphatic heterocycles. The molecule has 5 N–H and O–H groups in total. The fraction of sp³-hybridized carbons (Fsp3) is 0.615. The van der Waals surface area contributed by atoms with Gasteiger partial charge in [-0.05, 0) is 45.0 Å². The molecule has 0 aliphatic carbocycles. The summed E-state index contributed by atoms with van der Waals surface area (Å²) in [5.41, 5.74) is 12.7. The van der Waals surface area contributed by atoms with E-state index in [2.05, 4.69) is 15.2 Å². The van der Waals surface area contributed by atoms with Gasteiger partial charge in [-0.15, -0.1) is 0 Å². The minimum Gasteiger partial charge on any atom is -0.397 e. The molecule has 1 aliphatic rings. The third kappa shape index (κ3) is 3.77. The Labute approximate surface area is 109 Å². The predicted octanol–water partition coefficient (Wildman–Crippen LogP) is 1.53. The summed E-state index contributed by atoms with van der Waals surface area (Å²) in [5, 5.41) is 3.26. The SMILES string of the molecule is Nc1cnc(NCCCN2CCCCC2)c(N)c1. The lowest BCUT2D eigenvalue weighted by Crippen LogP contribution is -2.31. The third-order valence-electron chi connectivity index (χ3n) is 3.33. The van der Waals surface area contributed by atoms with Crippen LogP contribution in [0.2, 0.25) is 0 Å². The van der Waals surface area contributed by atoms with E-state index in [9.17, 15) is 0 Å². The Kier molecular flexibility index (Phi) is 4.64. The monoisotopic (exact) mass is 249 g/mol. The van der Waals surface area contributed by atoms with Crippen molar-refractivity contribution >= 4 is 17.2 Å². The molecule has 0 saturated carbocycles. The number of piperidine rings is 1. The van der Waals surface area contributed by atoms with Crippen LogP contribution in [0, 0.1) is 0 Å². The standard InChI is InChI=1S/C13H23N5/c14-11-9-12(15)13(17-10-11)16-5-4-8-18-6-2-1-3-7-18/h9-10H,1-8,14-15H2,(H,16,17). The number of hydrogen-bond acceptors (Lipinski definition) is 5. The summed E-state index contributed by atoms with van der Waals surface area (Å²) in [6.07, 6.45) is 6.83. The number of likely N-dealkylation sites (tertiary alicyclic amines) is 1. The van der Waals surface area contributed by atoms with Crippen LogP contribution in [0.3, 0.4) is 0 Å². The lowest BCUT2D eigenvalue weighted by molar-refractivity contribution is 0.228. The highest BCUT2D eigenvalue weighted by Crippen LogP contribution is 2.17. The van der Waals surface area contributed by atoms with Gasteiger partial charge in [-0.1, -0.05) is 6.42 Å². The van der Waals surface area contributed by atoms with E-state index in [1.807, 2.05) is 0 Å². The van der Waals surface area contributed by atoms with E-state index >= 15 is 0 Å². The molecular formula is C13H23N5. The Balaban J connectivity index is 1.68. The van der Waals surface area contributed by atoms with Crippen LogP contribution in [-0.2, 0) is 0 Å². The lowest BCUT2D eigenvalue weighted by Gasteiger charge is -2.26. The van der Waals surface area contributed by atoms with Gasteiger partial charge < -0.3 is 21.7 Å². The van der Waals surface area contributed by atoms with E-state index in [-0.39, 0.29) is 0 Å². The molecule has 100 valence electrons. The molecule has 0 aromatic carbocycles. The first-order valence-corrected chi connectivity index (χ1v) is 6.73. The van der Waals surface area contributed by atoms with Gasteiger partial charge in [-0.25, -0.2) is 4.98 Å². The zero-order chi connectivity index (χ0) is 12.8. The smallest absolute Gasteiger partial charge is 0.149 e. The first kappa shape index (κ1) is 13.0. The van der Waals surface area contributed by atoms with E-state index in [1.165, 1.54) is 32.4 Å². The minimum atomic E-state index is 0.603. The van der Waals surface area contributed by atoms with E-state index in [0.717, 1.165) is 25.3 Å². The van der Waals surface area contributed by atoms with Gasteiger partial charge in [-0.3, -0.25) is 0 Å². The number of pyridine rings is 1. The molecule has 0 amide bonds.